The standard InChI is InChI=1S/C21H17ClN2O3/c22-14-5-6-17(23)16(10-14)13-7-8-24(12-25)18(9-13)21-11-19(26)15-3-1-2-4-20(15)27-21/h1-6,9-12,18H,7-8,23H2. The van der Waals surface area contributed by atoms with Crippen LogP contribution in [0.15, 0.2) is 63.8 Å². The Morgan fingerprint density at radius 3 is 2.81 bits per heavy atom. The lowest BCUT2D eigenvalue weighted by molar-refractivity contribution is -0.119. The summed E-state index contributed by atoms with van der Waals surface area (Å²) in [5, 5.41) is 1.10. The number of amides is 1. The molecular formula is C21H17ClN2O3. The number of carbonyl (C=O) groups is 1. The second kappa shape index (κ2) is 6.93. The van der Waals surface area contributed by atoms with Crippen LogP contribution >= 0.6 is 11.6 Å². The molecule has 0 saturated heterocycles. The Hall–Kier alpha value is -3.05. The van der Waals surface area contributed by atoms with Crippen LogP contribution in [-0.4, -0.2) is 17.9 Å². The molecule has 0 aliphatic carbocycles. The predicted octanol–water partition coefficient (Wildman–Crippen LogP) is 4.02. The summed E-state index contributed by atoms with van der Waals surface area (Å²) in [7, 11) is 0. The number of anilines is 1. The number of rotatable bonds is 3. The molecule has 2 heterocycles. The zero-order valence-electron chi connectivity index (χ0n) is 14.4. The lowest BCUT2D eigenvalue weighted by Crippen LogP contribution is -2.31. The molecule has 1 atom stereocenters. The number of hydrogen-bond acceptors (Lipinski definition) is 4. The van der Waals surface area contributed by atoms with Crippen molar-refractivity contribution in [3.05, 3.63) is 81.2 Å². The lowest BCUT2D eigenvalue weighted by Gasteiger charge is -2.31. The maximum absolute atomic E-state index is 12.5. The number of nitrogen functional groups attached to an aromatic ring is 1. The van der Waals surface area contributed by atoms with Gasteiger partial charge in [0.2, 0.25) is 6.41 Å². The number of nitrogens with two attached hydrogens (primary N) is 1. The molecule has 1 aromatic heterocycles. The van der Waals surface area contributed by atoms with Crippen molar-refractivity contribution >= 4 is 40.2 Å². The first-order valence-corrected chi connectivity index (χ1v) is 8.94. The predicted molar refractivity (Wildman–Crippen MR) is 106 cm³/mol. The summed E-state index contributed by atoms with van der Waals surface area (Å²) < 4.78 is 5.95. The molecule has 3 aromatic rings. The molecule has 1 aliphatic rings. The van der Waals surface area contributed by atoms with E-state index >= 15 is 0 Å². The average molecular weight is 381 g/mol. The number of nitrogens with zero attached hydrogens (tertiary/aromatic N) is 1. The van der Waals surface area contributed by atoms with Crippen molar-refractivity contribution in [2.45, 2.75) is 12.5 Å². The van der Waals surface area contributed by atoms with E-state index in [1.54, 1.807) is 41.3 Å². The molecule has 0 spiro atoms. The molecule has 5 nitrogen and oxygen atoms in total. The summed E-state index contributed by atoms with van der Waals surface area (Å²) in [5.41, 5.74) is 8.89. The summed E-state index contributed by atoms with van der Waals surface area (Å²) in [5.74, 6) is 0.420. The van der Waals surface area contributed by atoms with Gasteiger partial charge in [0.1, 0.15) is 17.4 Å². The topological polar surface area (TPSA) is 76.5 Å². The van der Waals surface area contributed by atoms with Crippen molar-refractivity contribution in [1.29, 1.82) is 0 Å². The average Bonchev–Trinajstić information content (AvgIpc) is 2.69. The largest absolute Gasteiger partial charge is 0.458 e. The van der Waals surface area contributed by atoms with Crippen molar-refractivity contribution < 1.29 is 9.21 Å². The quantitative estimate of drug-likeness (QED) is 0.550. The Morgan fingerprint density at radius 2 is 2.00 bits per heavy atom. The minimum Gasteiger partial charge on any atom is -0.458 e. The first-order valence-electron chi connectivity index (χ1n) is 8.57. The zero-order valence-corrected chi connectivity index (χ0v) is 15.1. The van der Waals surface area contributed by atoms with E-state index in [1.807, 2.05) is 12.1 Å². The third kappa shape index (κ3) is 3.22. The van der Waals surface area contributed by atoms with Crippen LogP contribution in [0.2, 0.25) is 5.02 Å². The van der Waals surface area contributed by atoms with Gasteiger partial charge in [-0.25, -0.2) is 0 Å². The van der Waals surface area contributed by atoms with Crippen molar-refractivity contribution in [2.24, 2.45) is 0 Å². The fourth-order valence-electron chi connectivity index (χ4n) is 3.42. The molecule has 1 unspecified atom stereocenters. The number of halogens is 1. The van der Waals surface area contributed by atoms with Crippen LogP contribution in [0.25, 0.3) is 16.5 Å². The van der Waals surface area contributed by atoms with Gasteiger partial charge in [0.05, 0.1) is 5.39 Å². The molecule has 0 fully saturated rings. The zero-order chi connectivity index (χ0) is 19.0. The Balaban J connectivity index is 1.85. The highest BCUT2D eigenvalue weighted by Gasteiger charge is 2.26. The van der Waals surface area contributed by atoms with E-state index in [1.165, 1.54) is 6.07 Å². The van der Waals surface area contributed by atoms with Gasteiger partial charge in [-0.15, -0.1) is 0 Å². The molecule has 0 radical (unpaired) electrons. The van der Waals surface area contributed by atoms with Gasteiger partial charge >= 0.3 is 0 Å². The highest BCUT2D eigenvalue weighted by atomic mass is 35.5. The second-order valence-corrected chi connectivity index (χ2v) is 6.91. The van der Waals surface area contributed by atoms with Crippen LogP contribution in [-0.2, 0) is 4.79 Å². The number of hydrogen-bond donors (Lipinski definition) is 1. The molecule has 6 heteroatoms. The number of carbonyl (C=O) groups excluding carboxylic acids is 1. The second-order valence-electron chi connectivity index (χ2n) is 6.47. The summed E-state index contributed by atoms with van der Waals surface area (Å²) >= 11 is 6.12. The van der Waals surface area contributed by atoms with Crippen LogP contribution in [0.3, 0.4) is 0 Å². The van der Waals surface area contributed by atoms with E-state index in [0.717, 1.165) is 17.5 Å². The van der Waals surface area contributed by atoms with E-state index in [4.69, 9.17) is 21.8 Å². The van der Waals surface area contributed by atoms with Gasteiger partial charge in [-0.1, -0.05) is 29.8 Å². The summed E-state index contributed by atoms with van der Waals surface area (Å²) in [6.07, 6.45) is 3.32. The molecule has 2 N–H and O–H groups in total. The van der Waals surface area contributed by atoms with E-state index < -0.39 is 6.04 Å². The van der Waals surface area contributed by atoms with Crippen LogP contribution in [0.1, 0.15) is 23.8 Å². The SMILES string of the molecule is Nc1ccc(Cl)cc1C1=CC(c2cc(=O)c3ccccc3o2)N(C=O)CC1. The molecule has 27 heavy (non-hydrogen) atoms. The molecule has 2 aromatic carbocycles. The minimum absolute atomic E-state index is 0.138. The van der Waals surface area contributed by atoms with Crippen molar-refractivity contribution in [3.63, 3.8) is 0 Å². The monoisotopic (exact) mass is 380 g/mol. The van der Waals surface area contributed by atoms with Crippen LogP contribution in [0.5, 0.6) is 0 Å². The molecule has 1 amide bonds. The smallest absolute Gasteiger partial charge is 0.210 e. The van der Waals surface area contributed by atoms with Gasteiger partial charge in [-0.3, -0.25) is 9.59 Å². The van der Waals surface area contributed by atoms with Crippen molar-refractivity contribution in [1.82, 2.24) is 4.90 Å². The molecule has 0 saturated carbocycles. The molecular weight excluding hydrogens is 364 g/mol. The van der Waals surface area contributed by atoms with Gasteiger partial charge in [0.25, 0.3) is 0 Å². The number of para-hydroxylation sites is 1. The van der Waals surface area contributed by atoms with Gasteiger partial charge in [-0.2, -0.15) is 0 Å². The Morgan fingerprint density at radius 1 is 1.19 bits per heavy atom. The normalized spacial score (nSPS) is 17.0. The highest BCUT2D eigenvalue weighted by molar-refractivity contribution is 6.30. The maximum Gasteiger partial charge on any atom is 0.210 e. The lowest BCUT2D eigenvalue weighted by atomic mass is 9.93. The first-order chi connectivity index (χ1) is 13.1. The van der Waals surface area contributed by atoms with E-state index in [9.17, 15) is 9.59 Å². The first kappa shape index (κ1) is 17.4. The van der Waals surface area contributed by atoms with E-state index in [2.05, 4.69) is 0 Å². The fraction of sp³-hybridized carbons (Fsp3) is 0.143. The van der Waals surface area contributed by atoms with Gasteiger partial charge in [-0.05, 0) is 42.3 Å². The van der Waals surface area contributed by atoms with Crippen LogP contribution in [0, 0.1) is 0 Å². The number of fused-ring (bicyclic) bond motifs is 1. The minimum atomic E-state index is -0.484. The Kier molecular flexibility index (Phi) is 4.46. The van der Waals surface area contributed by atoms with Crippen LogP contribution in [0.4, 0.5) is 5.69 Å². The number of benzene rings is 2. The van der Waals surface area contributed by atoms with Gasteiger partial charge < -0.3 is 15.1 Å². The maximum atomic E-state index is 12.5. The van der Waals surface area contributed by atoms with E-state index in [0.29, 0.717) is 40.4 Å². The van der Waals surface area contributed by atoms with Gasteiger partial charge in [0.15, 0.2) is 5.43 Å². The summed E-state index contributed by atoms with van der Waals surface area (Å²) in [6, 6.07) is 13.3. The van der Waals surface area contributed by atoms with E-state index in [-0.39, 0.29) is 5.43 Å². The third-order valence-electron chi connectivity index (χ3n) is 4.80. The molecule has 4 rings (SSSR count). The Bertz CT molecular complexity index is 1120. The van der Waals surface area contributed by atoms with Crippen LogP contribution < -0.4 is 11.2 Å². The summed E-state index contributed by atoms with van der Waals surface area (Å²) in [4.78, 5) is 25.7. The van der Waals surface area contributed by atoms with Gasteiger partial charge in [0, 0.05) is 28.9 Å². The van der Waals surface area contributed by atoms with Crippen molar-refractivity contribution in [2.75, 3.05) is 12.3 Å². The molecule has 1 aliphatic heterocycles. The summed E-state index contributed by atoms with van der Waals surface area (Å²) in [6.45, 7) is 0.489. The molecule has 136 valence electrons. The fourth-order valence-corrected chi connectivity index (χ4v) is 3.59. The molecule has 0 bridgehead atoms. The van der Waals surface area contributed by atoms with Crippen molar-refractivity contribution in [3.8, 4) is 0 Å². The third-order valence-corrected chi connectivity index (χ3v) is 5.03. The Labute approximate surface area is 160 Å². The highest BCUT2D eigenvalue weighted by Crippen LogP contribution is 2.36.